The van der Waals surface area contributed by atoms with Crippen LogP contribution in [-0.2, 0) is 7.05 Å². The molecule has 2 N–H and O–H groups in total. The Morgan fingerprint density at radius 3 is 2.63 bits per heavy atom. The molecule has 2 aromatic rings. The molecule has 0 radical (unpaired) electrons. The molecule has 5 nitrogen and oxygen atoms in total. The third-order valence-corrected chi connectivity index (χ3v) is 2.92. The number of rotatable bonds is 4. The minimum atomic E-state index is -0.413. The number of carbonyl (C=O) groups excluding carboxylic acids is 1. The van der Waals surface area contributed by atoms with Gasteiger partial charge in [-0.15, -0.1) is 0 Å². The first-order valence-electron chi connectivity index (χ1n) is 6.09. The highest BCUT2D eigenvalue weighted by Gasteiger charge is 2.17. The van der Waals surface area contributed by atoms with Crippen molar-refractivity contribution in [1.29, 1.82) is 0 Å². The number of aryl methyl sites for hydroxylation is 2. The highest BCUT2D eigenvalue weighted by atomic mass is 16.3. The van der Waals surface area contributed by atoms with E-state index < -0.39 is 6.04 Å². The van der Waals surface area contributed by atoms with Crippen LogP contribution in [0.5, 0.6) is 0 Å². The zero-order valence-electron chi connectivity index (χ0n) is 11.0. The lowest BCUT2D eigenvalue weighted by molar-refractivity contribution is 0.0906. The Kier molecular flexibility index (Phi) is 3.97. The third-order valence-electron chi connectivity index (χ3n) is 2.92. The summed E-state index contributed by atoms with van der Waals surface area (Å²) in [6.07, 6.45) is 0. The lowest BCUT2D eigenvalue weighted by Gasteiger charge is -2.16. The Labute approximate surface area is 111 Å². The number of benzene rings is 1. The number of nitrogens with one attached hydrogen (secondary N) is 1. The largest absolute Gasteiger partial charge is 0.394 e. The van der Waals surface area contributed by atoms with E-state index in [1.54, 1.807) is 13.1 Å². The van der Waals surface area contributed by atoms with Gasteiger partial charge in [-0.2, -0.15) is 5.10 Å². The summed E-state index contributed by atoms with van der Waals surface area (Å²) >= 11 is 0. The van der Waals surface area contributed by atoms with Gasteiger partial charge in [0.2, 0.25) is 0 Å². The number of aromatic nitrogens is 2. The average molecular weight is 259 g/mol. The SMILES string of the molecule is Cc1cc(C(=O)N[C@@H](CO)c2ccccc2)n(C)n1. The van der Waals surface area contributed by atoms with E-state index in [-0.39, 0.29) is 12.5 Å². The first-order chi connectivity index (χ1) is 9.11. The molecule has 1 amide bonds. The molecule has 0 unspecified atom stereocenters. The fourth-order valence-corrected chi connectivity index (χ4v) is 1.98. The van der Waals surface area contributed by atoms with Crippen LogP contribution in [0.2, 0.25) is 0 Å². The van der Waals surface area contributed by atoms with E-state index >= 15 is 0 Å². The van der Waals surface area contributed by atoms with Gasteiger partial charge >= 0.3 is 0 Å². The zero-order valence-corrected chi connectivity index (χ0v) is 11.0. The molecular weight excluding hydrogens is 242 g/mol. The minimum absolute atomic E-state index is 0.146. The van der Waals surface area contributed by atoms with Crippen LogP contribution in [0.3, 0.4) is 0 Å². The summed E-state index contributed by atoms with van der Waals surface area (Å²) in [6, 6.07) is 10.7. The topological polar surface area (TPSA) is 67.2 Å². The van der Waals surface area contributed by atoms with Gasteiger partial charge < -0.3 is 10.4 Å². The van der Waals surface area contributed by atoms with Crippen LogP contribution in [0.1, 0.15) is 27.8 Å². The highest BCUT2D eigenvalue weighted by molar-refractivity contribution is 5.92. The summed E-state index contributed by atoms with van der Waals surface area (Å²) in [4.78, 5) is 12.1. The first kappa shape index (κ1) is 13.3. The van der Waals surface area contributed by atoms with Gasteiger partial charge in [0.25, 0.3) is 5.91 Å². The second-order valence-corrected chi connectivity index (χ2v) is 4.41. The molecule has 0 fully saturated rings. The lowest BCUT2D eigenvalue weighted by Crippen LogP contribution is -2.32. The van der Waals surface area contributed by atoms with E-state index in [9.17, 15) is 9.90 Å². The van der Waals surface area contributed by atoms with Crippen LogP contribution >= 0.6 is 0 Å². The Morgan fingerprint density at radius 1 is 1.42 bits per heavy atom. The van der Waals surface area contributed by atoms with Gasteiger partial charge in [-0.1, -0.05) is 30.3 Å². The van der Waals surface area contributed by atoms with Gasteiger partial charge in [0.1, 0.15) is 5.69 Å². The quantitative estimate of drug-likeness (QED) is 0.866. The van der Waals surface area contributed by atoms with Gasteiger partial charge in [0.15, 0.2) is 0 Å². The predicted molar refractivity (Wildman–Crippen MR) is 71.7 cm³/mol. The summed E-state index contributed by atoms with van der Waals surface area (Å²) in [7, 11) is 1.72. The Balaban J connectivity index is 2.15. The summed E-state index contributed by atoms with van der Waals surface area (Å²) in [5, 5.41) is 16.3. The molecule has 0 bridgehead atoms. The number of nitrogens with zero attached hydrogens (tertiary/aromatic N) is 2. The first-order valence-corrected chi connectivity index (χ1v) is 6.09. The molecule has 100 valence electrons. The smallest absolute Gasteiger partial charge is 0.270 e. The van der Waals surface area contributed by atoms with Crippen molar-refractivity contribution in [2.45, 2.75) is 13.0 Å². The lowest BCUT2D eigenvalue weighted by atomic mass is 10.1. The molecular formula is C14H17N3O2. The zero-order chi connectivity index (χ0) is 13.8. The van der Waals surface area contributed by atoms with Crippen molar-refractivity contribution in [3.05, 3.63) is 53.3 Å². The molecule has 2 rings (SSSR count). The van der Waals surface area contributed by atoms with Crippen LogP contribution in [0, 0.1) is 6.92 Å². The molecule has 1 aromatic carbocycles. The summed E-state index contributed by atoms with van der Waals surface area (Å²) < 4.78 is 1.53. The van der Waals surface area contributed by atoms with Gasteiger partial charge in [-0.3, -0.25) is 9.48 Å². The van der Waals surface area contributed by atoms with Gasteiger partial charge in [0, 0.05) is 7.05 Å². The van der Waals surface area contributed by atoms with Crippen molar-refractivity contribution < 1.29 is 9.90 Å². The molecule has 0 saturated heterocycles. The van der Waals surface area contributed by atoms with Crippen molar-refractivity contribution in [3.8, 4) is 0 Å². The molecule has 0 saturated carbocycles. The Bertz CT molecular complexity index is 563. The fraction of sp³-hybridized carbons (Fsp3) is 0.286. The number of carbonyl (C=O) groups is 1. The number of aliphatic hydroxyl groups is 1. The van der Waals surface area contributed by atoms with Crippen molar-refractivity contribution in [2.24, 2.45) is 7.05 Å². The van der Waals surface area contributed by atoms with Crippen LogP contribution < -0.4 is 5.32 Å². The Morgan fingerprint density at radius 2 is 2.11 bits per heavy atom. The molecule has 0 aliphatic rings. The van der Waals surface area contributed by atoms with Crippen LogP contribution in [0.15, 0.2) is 36.4 Å². The molecule has 19 heavy (non-hydrogen) atoms. The van der Waals surface area contributed by atoms with Crippen LogP contribution in [-0.4, -0.2) is 27.4 Å². The van der Waals surface area contributed by atoms with Crippen molar-refractivity contribution in [1.82, 2.24) is 15.1 Å². The molecule has 1 aromatic heterocycles. The molecule has 5 heteroatoms. The summed E-state index contributed by atoms with van der Waals surface area (Å²) in [5.41, 5.74) is 2.14. The van der Waals surface area contributed by atoms with E-state index in [1.807, 2.05) is 37.3 Å². The average Bonchev–Trinajstić information content (AvgIpc) is 2.76. The summed E-state index contributed by atoms with van der Waals surface area (Å²) in [5.74, 6) is -0.244. The van der Waals surface area contributed by atoms with E-state index in [4.69, 9.17) is 0 Å². The normalized spacial score (nSPS) is 12.2. The maximum atomic E-state index is 12.1. The second-order valence-electron chi connectivity index (χ2n) is 4.41. The van der Waals surface area contributed by atoms with Gasteiger partial charge in [-0.05, 0) is 18.6 Å². The predicted octanol–water partition coefficient (Wildman–Crippen LogP) is 1.19. The van der Waals surface area contributed by atoms with Crippen molar-refractivity contribution in [2.75, 3.05) is 6.61 Å². The Hall–Kier alpha value is -2.14. The van der Waals surface area contributed by atoms with Crippen LogP contribution in [0.25, 0.3) is 0 Å². The molecule has 1 heterocycles. The van der Waals surface area contributed by atoms with E-state index in [0.717, 1.165) is 11.3 Å². The van der Waals surface area contributed by atoms with E-state index in [2.05, 4.69) is 10.4 Å². The van der Waals surface area contributed by atoms with E-state index in [0.29, 0.717) is 5.69 Å². The number of hydrogen-bond acceptors (Lipinski definition) is 3. The third kappa shape index (κ3) is 3.00. The molecule has 0 aliphatic heterocycles. The molecule has 1 atom stereocenters. The molecule has 0 aliphatic carbocycles. The maximum absolute atomic E-state index is 12.1. The van der Waals surface area contributed by atoms with Gasteiger partial charge in [-0.25, -0.2) is 0 Å². The van der Waals surface area contributed by atoms with Crippen molar-refractivity contribution in [3.63, 3.8) is 0 Å². The van der Waals surface area contributed by atoms with Crippen LogP contribution in [0.4, 0.5) is 0 Å². The number of amides is 1. The molecule has 0 spiro atoms. The highest BCUT2D eigenvalue weighted by Crippen LogP contribution is 2.13. The van der Waals surface area contributed by atoms with Gasteiger partial charge in [0.05, 0.1) is 18.3 Å². The van der Waals surface area contributed by atoms with E-state index in [1.165, 1.54) is 4.68 Å². The number of hydrogen-bond donors (Lipinski definition) is 2. The van der Waals surface area contributed by atoms with Crippen molar-refractivity contribution >= 4 is 5.91 Å². The maximum Gasteiger partial charge on any atom is 0.270 e. The summed E-state index contributed by atoms with van der Waals surface area (Å²) in [6.45, 7) is 1.68. The standard InChI is InChI=1S/C14H17N3O2/c1-10-8-13(17(2)16-10)14(19)15-12(9-18)11-6-4-3-5-7-11/h3-8,12,18H,9H2,1-2H3,(H,15,19)/t12-/m0/s1. The number of aliphatic hydroxyl groups excluding tert-OH is 1. The minimum Gasteiger partial charge on any atom is -0.394 e. The monoisotopic (exact) mass is 259 g/mol. The second kappa shape index (κ2) is 5.67. The fourth-order valence-electron chi connectivity index (χ4n) is 1.98.